The topological polar surface area (TPSA) is 50.6 Å². The first-order valence-electron chi connectivity index (χ1n) is 16.2. The molecule has 0 unspecified atom stereocenters. The smallest absolute Gasteiger partial charge is 0.419 e. The molecule has 0 bridgehead atoms. The fourth-order valence-electron chi connectivity index (χ4n) is 6.23. The lowest BCUT2D eigenvalue weighted by molar-refractivity contribution is -0.140. The molecule has 1 aromatic heterocycles. The van der Waals surface area contributed by atoms with Crippen LogP contribution < -0.4 is 4.74 Å². The highest BCUT2D eigenvalue weighted by molar-refractivity contribution is 5.79. The van der Waals surface area contributed by atoms with E-state index in [2.05, 4.69) is 18.7 Å². The maximum atomic E-state index is 14.1. The molecule has 250 valence electrons. The molecular weight excluding hydrogens is 608 g/mol. The lowest BCUT2D eigenvalue weighted by Gasteiger charge is -2.38. The minimum absolute atomic E-state index is 0.107. The summed E-state index contributed by atoms with van der Waals surface area (Å²) >= 11 is 0. The van der Waals surface area contributed by atoms with Crippen LogP contribution in [0.15, 0.2) is 79.0 Å². The molecular formula is C37H42F4N4O2. The van der Waals surface area contributed by atoms with E-state index in [1.165, 1.54) is 6.07 Å². The number of nitrogens with zero attached hydrogens (tertiary/aromatic N) is 4. The number of likely N-dealkylation sites (tertiary alicyclic amines) is 1. The third-order valence-electron chi connectivity index (χ3n) is 8.92. The SMILES string of the molecule is CCOc1ccc(-n2cc(-c3ccccc3)nc2[C@@H](C)N(CC2CCN(C(C)C)CC2)C(=O)Cc2ccc(F)c(C(F)(F)F)c2)cc1. The molecule has 10 heteroatoms. The van der Waals surface area contributed by atoms with Gasteiger partial charge in [0.25, 0.3) is 0 Å². The van der Waals surface area contributed by atoms with Crippen LogP contribution in [0.25, 0.3) is 16.9 Å². The third kappa shape index (κ3) is 8.22. The maximum Gasteiger partial charge on any atom is 0.419 e. The van der Waals surface area contributed by atoms with Gasteiger partial charge in [0.15, 0.2) is 0 Å². The Morgan fingerprint density at radius 1 is 1.00 bits per heavy atom. The zero-order valence-electron chi connectivity index (χ0n) is 27.3. The molecule has 1 saturated heterocycles. The third-order valence-corrected chi connectivity index (χ3v) is 8.92. The first-order valence-corrected chi connectivity index (χ1v) is 16.2. The Labute approximate surface area is 274 Å². The summed E-state index contributed by atoms with van der Waals surface area (Å²) in [6.45, 7) is 10.9. The number of aromatic nitrogens is 2. The second-order valence-corrected chi connectivity index (χ2v) is 12.4. The number of piperidine rings is 1. The number of benzene rings is 3. The zero-order valence-corrected chi connectivity index (χ0v) is 27.3. The highest BCUT2D eigenvalue weighted by Gasteiger charge is 2.35. The summed E-state index contributed by atoms with van der Waals surface area (Å²) in [5.74, 6) is -0.141. The molecule has 0 aliphatic carbocycles. The Kier molecular flexibility index (Phi) is 10.7. The van der Waals surface area contributed by atoms with E-state index in [9.17, 15) is 22.4 Å². The quantitative estimate of drug-likeness (QED) is 0.153. The van der Waals surface area contributed by atoms with E-state index in [1.54, 1.807) is 4.90 Å². The molecule has 1 aliphatic rings. The molecule has 4 aromatic rings. The standard InChI is InChI=1S/C37H42F4N4O2/c1-5-47-31-14-12-30(13-15-31)45-24-34(29-9-7-6-8-10-29)42-36(45)26(4)44(23-27-17-19-43(20-18-27)25(2)3)35(46)22-28-11-16-33(38)32(21-28)37(39,40)41/h6-16,21,24-27H,5,17-20,22-23H2,1-4H3/t26-/m1/s1. The largest absolute Gasteiger partial charge is 0.494 e. The number of carbonyl (C=O) groups excluding carboxylic acids is 1. The first kappa shape index (κ1) is 34.2. The molecule has 5 rings (SSSR count). The van der Waals surface area contributed by atoms with Crippen molar-refractivity contribution >= 4 is 5.91 Å². The number of hydrogen-bond acceptors (Lipinski definition) is 4. The van der Waals surface area contributed by atoms with E-state index in [-0.39, 0.29) is 23.8 Å². The highest BCUT2D eigenvalue weighted by atomic mass is 19.4. The van der Waals surface area contributed by atoms with E-state index in [1.807, 2.05) is 79.2 Å². The number of rotatable bonds is 11. The second-order valence-electron chi connectivity index (χ2n) is 12.4. The van der Waals surface area contributed by atoms with E-state index >= 15 is 0 Å². The minimum Gasteiger partial charge on any atom is -0.494 e. The Balaban J connectivity index is 1.52. The van der Waals surface area contributed by atoms with Gasteiger partial charge in [0.05, 0.1) is 30.3 Å². The molecule has 1 fully saturated rings. The molecule has 2 heterocycles. The molecule has 0 spiro atoms. The van der Waals surface area contributed by atoms with Crippen molar-refractivity contribution in [3.8, 4) is 22.7 Å². The number of imidazole rings is 1. The van der Waals surface area contributed by atoms with Crippen molar-refractivity contribution in [1.29, 1.82) is 0 Å². The fourth-order valence-corrected chi connectivity index (χ4v) is 6.23. The van der Waals surface area contributed by atoms with Gasteiger partial charge in [-0.2, -0.15) is 13.2 Å². The molecule has 1 atom stereocenters. The highest BCUT2D eigenvalue weighted by Crippen LogP contribution is 2.34. The number of alkyl halides is 3. The summed E-state index contributed by atoms with van der Waals surface area (Å²) in [4.78, 5) is 23.3. The Bertz CT molecular complexity index is 1630. The molecule has 1 aliphatic heterocycles. The summed E-state index contributed by atoms with van der Waals surface area (Å²) in [7, 11) is 0. The number of amides is 1. The molecule has 3 aromatic carbocycles. The lowest BCUT2D eigenvalue weighted by Crippen LogP contribution is -2.44. The molecule has 47 heavy (non-hydrogen) atoms. The Morgan fingerprint density at radius 2 is 1.68 bits per heavy atom. The fraction of sp³-hybridized carbons (Fsp3) is 0.405. The van der Waals surface area contributed by atoms with Gasteiger partial charge < -0.3 is 19.1 Å². The maximum absolute atomic E-state index is 14.1. The van der Waals surface area contributed by atoms with Gasteiger partial charge in [0, 0.05) is 30.0 Å². The Hall–Kier alpha value is -4.18. The van der Waals surface area contributed by atoms with Gasteiger partial charge in [-0.1, -0.05) is 36.4 Å². The summed E-state index contributed by atoms with van der Waals surface area (Å²) in [6.07, 6.45) is -1.43. The number of carbonyl (C=O) groups is 1. The van der Waals surface area contributed by atoms with Crippen molar-refractivity contribution in [3.05, 3.63) is 102 Å². The lowest BCUT2D eigenvalue weighted by atomic mass is 9.94. The minimum atomic E-state index is -4.86. The van der Waals surface area contributed by atoms with Gasteiger partial charge in [-0.05, 0) is 102 Å². The van der Waals surface area contributed by atoms with Gasteiger partial charge in [-0.15, -0.1) is 0 Å². The van der Waals surface area contributed by atoms with Crippen LogP contribution in [0, 0.1) is 11.7 Å². The van der Waals surface area contributed by atoms with E-state index in [0.717, 1.165) is 60.8 Å². The van der Waals surface area contributed by atoms with Crippen LogP contribution >= 0.6 is 0 Å². The van der Waals surface area contributed by atoms with Crippen molar-refractivity contribution in [2.45, 2.75) is 65.2 Å². The summed E-state index contributed by atoms with van der Waals surface area (Å²) in [5, 5.41) is 0. The van der Waals surface area contributed by atoms with Crippen LogP contribution in [-0.4, -0.2) is 57.5 Å². The van der Waals surface area contributed by atoms with Crippen molar-refractivity contribution in [2.24, 2.45) is 5.92 Å². The van der Waals surface area contributed by atoms with Crippen molar-refractivity contribution in [1.82, 2.24) is 19.4 Å². The van der Waals surface area contributed by atoms with Crippen molar-refractivity contribution in [2.75, 3.05) is 26.2 Å². The van der Waals surface area contributed by atoms with Gasteiger partial charge in [-0.25, -0.2) is 9.37 Å². The zero-order chi connectivity index (χ0) is 33.7. The van der Waals surface area contributed by atoms with E-state index in [0.29, 0.717) is 25.0 Å². The van der Waals surface area contributed by atoms with Crippen molar-refractivity contribution < 1.29 is 27.1 Å². The monoisotopic (exact) mass is 650 g/mol. The molecule has 0 N–H and O–H groups in total. The molecule has 1 amide bonds. The van der Waals surface area contributed by atoms with Crippen LogP contribution in [0.3, 0.4) is 0 Å². The number of halogens is 4. The molecule has 0 radical (unpaired) electrons. The summed E-state index contributed by atoms with van der Waals surface area (Å²) < 4.78 is 62.3. The van der Waals surface area contributed by atoms with Crippen LogP contribution in [0.5, 0.6) is 5.75 Å². The molecule has 0 saturated carbocycles. The van der Waals surface area contributed by atoms with Gasteiger partial charge in [0.2, 0.25) is 5.91 Å². The number of hydrogen-bond donors (Lipinski definition) is 0. The summed E-state index contributed by atoms with van der Waals surface area (Å²) in [6, 6.07) is 20.0. The van der Waals surface area contributed by atoms with Gasteiger partial charge >= 0.3 is 6.18 Å². The van der Waals surface area contributed by atoms with Gasteiger partial charge in [0.1, 0.15) is 17.4 Å². The average molecular weight is 651 g/mol. The van der Waals surface area contributed by atoms with Crippen LogP contribution in [0.1, 0.15) is 63.5 Å². The van der Waals surface area contributed by atoms with Crippen LogP contribution in [0.4, 0.5) is 17.6 Å². The normalized spacial score (nSPS) is 15.2. The first-order chi connectivity index (χ1) is 22.4. The Morgan fingerprint density at radius 3 is 2.30 bits per heavy atom. The number of ether oxygens (including phenoxy) is 1. The summed E-state index contributed by atoms with van der Waals surface area (Å²) in [5.41, 5.74) is 1.20. The van der Waals surface area contributed by atoms with E-state index in [4.69, 9.17) is 9.72 Å². The van der Waals surface area contributed by atoms with Gasteiger partial charge in [-0.3, -0.25) is 4.79 Å². The second kappa shape index (κ2) is 14.7. The predicted molar refractivity (Wildman–Crippen MR) is 175 cm³/mol. The van der Waals surface area contributed by atoms with Crippen LogP contribution in [-0.2, 0) is 17.4 Å². The van der Waals surface area contributed by atoms with E-state index < -0.39 is 23.6 Å². The molecule has 6 nitrogen and oxygen atoms in total. The predicted octanol–water partition coefficient (Wildman–Crippen LogP) is 8.35. The van der Waals surface area contributed by atoms with Crippen molar-refractivity contribution in [3.63, 3.8) is 0 Å². The van der Waals surface area contributed by atoms with Crippen LogP contribution in [0.2, 0.25) is 0 Å². The average Bonchev–Trinajstić information content (AvgIpc) is 3.50.